The number of sulfonamides is 1. The van der Waals surface area contributed by atoms with E-state index in [1.807, 2.05) is 0 Å². The SMILES string of the molecule is NS(=O)(=O)c1cc(Br)ccc1OC1CCOC1. The Bertz CT molecular complexity index is 511. The lowest BCUT2D eigenvalue weighted by Gasteiger charge is -2.14. The Kier molecular flexibility index (Phi) is 3.72. The summed E-state index contributed by atoms with van der Waals surface area (Å²) in [5, 5.41) is 5.14. The van der Waals surface area contributed by atoms with E-state index in [1.54, 1.807) is 12.1 Å². The van der Waals surface area contributed by atoms with Crippen LogP contribution in [0, 0.1) is 0 Å². The van der Waals surface area contributed by atoms with Crippen molar-refractivity contribution in [3.05, 3.63) is 22.7 Å². The summed E-state index contributed by atoms with van der Waals surface area (Å²) in [4.78, 5) is -0.0150. The van der Waals surface area contributed by atoms with Crippen LogP contribution >= 0.6 is 15.9 Å². The molecule has 17 heavy (non-hydrogen) atoms. The van der Waals surface area contributed by atoms with Crippen molar-refractivity contribution in [2.45, 2.75) is 17.4 Å². The van der Waals surface area contributed by atoms with Crippen molar-refractivity contribution in [1.82, 2.24) is 0 Å². The van der Waals surface area contributed by atoms with Gasteiger partial charge in [-0.15, -0.1) is 0 Å². The van der Waals surface area contributed by atoms with Crippen molar-refractivity contribution >= 4 is 26.0 Å². The first-order chi connectivity index (χ1) is 7.97. The minimum atomic E-state index is -3.79. The maximum atomic E-state index is 11.4. The van der Waals surface area contributed by atoms with Gasteiger partial charge < -0.3 is 9.47 Å². The third-order valence-corrected chi connectivity index (χ3v) is 3.82. The fraction of sp³-hybridized carbons (Fsp3) is 0.400. The summed E-state index contributed by atoms with van der Waals surface area (Å²) in [6, 6.07) is 4.72. The second-order valence-electron chi connectivity index (χ2n) is 3.74. The first-order valence-electron chi connectivity index (χ1n) is 5.03. The van der Waals surface area contributed by atoms with Crippen molar-refractivity contribution in [2.24, 2.45) is 5.14 Å². The second kappa shape index (κ2) is 4.93. The van der Waals surface area contributed by atoms with Crippen molar-refractivity contribution in [3.8, 4) is 5.75 Å². The van der Waals surface area contributed by atoms with E-state index in [1.165, 1.54) is 6.07 Å². The van der Waals surface area contributed by atoms with E-state index < -0.39 is 10.0 Å². The molecule has 1 fully saturated rings. The molecule has 1 unspecified atom stereocenters. The summed E-state index contributed by atoms with van der Waals surface area (Å²) in [5.74, 6) is 0.270. The van der Waals surface area contributed by atoms with Gasteiger partial charge in [0.1, 0.15) is 16.7 Å². The summed E-state index contributed by atoms with van der Waals surface area (Å²) in [6.45, 7) is 1.10. The largest absolute Gasteiger partial charge is 0.487 e. The highest BCUT2D eigenvalue weighted by Crippen LogP contribution is 2.28. The Morgan fingerprint density at radius 3 is 2.82 bits per heavy atom. The molecule has 0 saturated carbocycles. The lowest BCUT2D eigenvalue weighted by Crippen LogP contribution is -2.19. The molecular formula is C10H12BrNO4S. The predicted molar refractivity (Wildman–Crippen MR) is 65.4 cm³/mol. The minimum Gasteiger partial charge on any atom is -0.487 e. The van der Waals surface area contributed by atoms with E-state index in [2.05, 4.69) is 15.9 Å². The molecule has 7 heteroatoms. The minimum absolute atomic E-state index is 0.0150. The Morgan fingerprint density at radius 1 is 1.47 bits per heavy atom. The van der Waals surface area contributed by atoms with Crippen LogP contribution in [0.2, 0.25) is 0 Å². The summed E-state index contributed by atoms with van der Waals surface area (Å²) in [5.41, 5.74) is 0. The second-order valence-corrected chi connectivity index (χ2v) is 6.19. The third-order valence-electron chi connectivity index (χ3n) is 2.39. The molecule has 5 nitrogen and oxygen atoms in total. The molecule has 0 aliphatic carbocycles. The van der Waals surface area contributed by atoms with Crippen molar-refractivity contribution in [1.29, 1.82) is 0 Å². The van der Waals surface area contributed by atoms with Crippen LogP contribution in [-0.2, 0) is 14.8 Å². The van der Waals surface area contributed by atoms with Crippen molar-refractivity contribution in [2.75, 3.05) is 13.2 Å². The molecule has 2 rings (SSSR count). The van der Waals surface area contributed by atoms with Crippen LogP contribution < -0.4 is 9.88 Å². The molecule has 1 heterocycles. The van der Waals surface area contributed by atoms with Crippen molar-refractivity contribution in [3.63, 3.8) is 0 Å². The lowest BCUT2D eigenvalue weighted by atomic mass is 10.3. The number of ether oxygens (including phenoxy) is 2. The number of nitrogens with two attached hydrogens (primary N) is 1. The highest BCUT2D eigenvalue weighted by atomic mass is 79.9. The van der Waals surface area contributed by atoms with Crippen LogP contribution in [0.1, 0.15) is 6.42 Å². The first-order valence-corrected chi connectivity index (χ1v) is 7.37. The number of hydrogen-bond acceptors (Lipinski definition) is 4. The molecule has 1 atom stereocenters. The van der Waals surface area contributed by atoms with E-state index in [4.69, 9.17) is 14.6 Å². The van der Waals surface area contributed by atoms with Crippen molar-refractivity contribution < 1.29 is 17.9 Å². The van der Waals surface area contributed by atoms with Crippen LogP contribution in [-0.4, -0.2) is 27.7 Å². The number of rotatable bonds is 3. The van der Waals surface area contributed by atoms with Crippen LogP contribution in [0.5, 0.6) is 5.75 Å². The fourth-order valence-electron chi connectivity index (χ4n) is 1.59. The average Bonchev–Trinajstić information content (AvgIpc) is 2.72. The number of primary sulfonamides is 1. The van der Waals surface area contributed by atoms with Gasteiger partial charge in [0.25, 0.3) is 0 Å². The molecule has 0 spiro atoms. The zero-order chi connectivity index (χ0) is 12.5. The first kappa shape index (κ1) is 12.8. The van der Waals surface area contributed by atoms with Gasteiger partial charge >= 0.3 is 0 Å². The molecule has 1 aliphatic heterocycles. The Balaban J connectivity index is 2.32. The number of halogens is 1. The molecule has 1 saturated heterocycles. The summed E-state index contributed by atoms with van der Waals surface area (Å²) >= 11 is 3.20. The van der Waals surface area contributed by atoms with E-state index in [0.29, 0.717) is 17.7 Å². The van der Waals surface area contributed by atoms with Gasteiger partial charge in [0.2, 0.25) is 10.0 Å². The van der Waals surface area contributed by atoms with Gasteiger partial charge in [-0.2, -0.15) is 0 Å². The molecule has 94 valence electrons. The van der Waals surface area contributed by atoms with Crippen LogP contribution in [0.3, 0.4) is 0 Å². The number of benzene rings is 1. The maximum absolute atomic E-state index is 11.4. The molecule has 0 bridgehead atoms. The van der Waals surface area contributed by atoms with Gasteiger partial charge in [-0.05, 0) is 18.2 Å². The smallest absolute Gasteiger partial charge is 0.241 e. The monoisotopic (exact) mass is 321 g/mol. The van der Waals surface area contributed by atoms with E-state index in [-0.39, 0.29) is 16.7 Å². The Labute approximate surface area is 108 Å². The summed E-state index contributed by atoms with van der Waals surface area (Å²) in [6.07, 6.45) is 0.636. The fourth-order valence-corrected chi connectivity index (χ4v) is 2.79. The molecule has 1 aromatic carbocycles. The zero-order valence-electron chi connectivity index (χ0n) is 8.93. The van der Waals surface area contributed by atoms with E-state index >= 15 is 0 Å². The molecule has 0 amide bonds. The van der Waals surface area contributed by atoms with Crippen LogP contribution in [0.4, 0.5) is 0 Å². The Morgan fingerprint density at radius 2 is 2.24 bits per heavy atom. The topological polar surface area (TPSA) is 78.6 Å². The van der Waals surface area contributed by atoms with Gasteiger partial charge in [-0.25, -0.2) is 13.6 Å². The third kappa shape index (κ3) is 3.19. The van der Waals surface area contributed by atoms with Gasteiger partial charge in [-0.1, -0.05) is 15.9 Å². The summed E-state index contributed by atoms with van der Waals surface area (Å²) in [7, 11) is -3.79. The molecule has 2 N–H and O–H groups in total. The number of hydrogen-bond donors (Lipinski definition) is 1. The van der Waals surface area contributed by atoms with Gasteiger partial charge in [0.15, 0.2) is 0 Å². The molecule has 1 aliphatic rings. The quantitative estimate of drug-likeness (QED) is 0.909. The molecule has 1 aromatic rings. The summed E-state index contributed by atoms with van der Waals surface area (Å²) < 4.78 is 34.2. The van der Waals surface area contributed by atoms with Gasteiger partial charge in [0, 0.05) is 10.9 Å². The molecular weight excluding hydrogens is 310 g/mol. The maximum Gasteiger partial charge on any atom is 0.241 e. The Hall–Kier alpha value is -0.630. The van der Waals surface area contributed by atoms with Gasteiger partial charge in [-0.3, -0.25) is 0 Å². The average molecular weight is 322 g/mol. The standard InChI is InChI=1S/C10H12BrNO4S/c11-7-1-2-9(10(5-7)17(12,13)14)16-8-3-4-15-6-8/h1-2,5,8H,3-4,6H2,(H2,12,13,14). The highest BCUT2D eigenvalue weighted by molar-refractivity contribution is 9.10. The normalized spacial score (nSPS) is 20.5. The van der Waals surface area contributed by atoms with Gasteiger partial charge in [0.05, 0.1) is 13.2 Å². The van der Waals surface area contributed by atoms with E-state index in [0.717, 1.165) is 6.42 Å². The van der Waals surface area contributed by atoms with E-state index in [9.17, 15) is 8.42 Å². The predicted octanol–water partition coefficient (Wildman–Crippen LogP) is 1.26. The molecule has 0 aromatic heterocycles. The van der Waals surface area contributed by atoms with Crippen LogP contribution in [0.25, 0.3) is 0 Å². The lowest BCUT2D eigenvalue weighted by molar-refractivity contribution is 0.139. The highest BCUT2D eigenvalue weighted by Gasteiger charge is 2.22. The molecule has 0 radical (unpaired) electrons. The van der Waals surface area contributed by atoms with Crippen LogP contribution in [0.15, 0.2) is 27.6 Å². The zero-order valence-corrected chi connectivity index (χ0v) is 11.3.